The second-order valence-corrected chi connectivity index (χ2v) is 16.7. The maximum absolute atomic E-state index is 13.5. The number of esters is 2. The number of fused-ring (bicyclic) bond motifs is 2. The minimum absolute atomic E-state index is 0.0126. The van der Waals surface area contributed by atoms with Crippen molar-refractivity contribution in [1.82, 2.24) is 0 Å². The van der Waals surface area contributed by atoms with Gasteiger partial charge in [0.15, 0.2) is 6.10 Å². The van der Waals surface area contributed by atoms with E-state index in [0.717, 1.165) is 32.1 Å². The van der Waals surface area contributed by atoms with Crippen LogP contribution in [-0.2, 0) is 23.9 Å². The van der Waals surface area contributed by atoms with E-state index < -0.39 is 18.0 Å². The van der Waals surface area contributed by atoms with Crippen molar-refractivity contribution in [2.45, 2.75) is 118 Å². The Morgan fingerprint density at radius 2 is 1.51 bits per heavy atom. The molecule has 0 amide bonds. The molecule has 45 heavy (non-hydrogen) atoms. The van der Waals surface area contributed by atoms with Crippen molar-refractivity contribution in [3.8, 4) is 0 Å². The van der Waals surface area contributed by atoms with Crippen LogP contribution in [0.1, 0.15) is 112 Å². The lowest BCUT2D eigenvalue weighted by atomic mass is 9.47. The van der Waals surface area contributed by atoms with E-state index in [1.54, 1.807) is 6.08 Å². The van der Waals surface area contributed by atoms with Crippen molar-refractivity contribution < 1.29 is 23.9 Å². The van der Waals surface area contributed by atoms with E-state index >= 15 is 0 Å². The predicted molar refractivity (Wildman–Crippen MR) is 179 cm³/mol. The standard InChI is InChI=1S/C40H56O5/c1-26-11-17-33-37(3,4)20-9-22-39(33,7)30(26)15-13-28(19-24-41)35(42)45-32-25-44-36(43)29(32)14-16-31-27(2)12-18-34-38(5,6)21-10-23-40(31,34)8/h13-15,19,24,30-34H,1-2,9-12,16-18,20-23,25H2,3-8H3/b15-13+,28-19-,29-14-/t30-,31-,32?,33-,34-,39+,40+/m0/s1. The van der Waals surface area contributed by atoms with Crippen LogP contribution in [0.15, 0.2) is 59.8 Å². The third kappa shape index (κ3) is 6.22. The van der Waals surface area contributed by atoms with Gasteiger partial charge in [-0.05, 0) is 103 Å². The van der Waals surface area contributed by atoms with Gasteiger partial charge in [-0.2, -0.15) is 0 Å². The number of rotatable bonds is 7. The fourth-order valence-electron chi connectivity index (χ4n) is 11.0. The average Bonchev–Trinajstić information content (AvgIpc) is 3.28. The third-order valence-corrected chi connectivity index (χ3v) is 13.2. The molecule has 5 aliphatic rings. The first-order valence-corrected chi connectivity index (χ1v) is 17.4. The van der Waals surface area contributed by atoms with Gasteiger partial charge in [0.1, 0.15) is 12.9 Å². The van der Waals surface area contributed by atoms with Crippen LogP contribution in [-0.4, -0.2) is 30.9 Å². The lowest BCUT2D eigenvalue weighted by Gasteiger charge is -2.58. The highest BCUT2D eigenvalue weighted by molar-refractivity contribution is 5.97. The lowest BCUT2D eigenvalue weighted by molar-refractivity contribution is -0.143. The number of carbonyl (C=O) groups excluding carboxylic acids is 3. The van der Waals surface area contributed by atoms with E-state index in [1.165, 1.54) is 49.3 Å². The highest BCUT2D eigenvalue weighted by Gasteiger charge is 2.53. The fourth-order valence-corrected chi connectivity index (χ4v) is 11.0. The van der Waals surface area contributed by atoms with E-state index in [0.29, 0.717) is 30.1 Å². The molecular formula is C40H56O5. The van der Waals surface area contributed by atoms with Crippen LogP contribution in [0.5, 0.6) is 0 Å². The van der Waals surface area contributed by atoms with Crippen LogP contribution in [0.2, 0.25) is 0 Å². The fraction of sp³-hybridized carbons (Fsp3) is 0.675. The van der Waals surface area contributed by atoms with E-state index in [4.69, 9.17) is 9.47 Å². The average molecular weight is 617 g/mol. The van der Waals surface area contributed by atoms with Crippen LogP contribution in [0, 0.1) is 45.3 Å². The quantitative estimate of drug-likeness (QED) is 0.0938. The van der Waals surface area contributed by atoms with Gasteiger partial charge in [-0.15, -0.1) is 0 Å². The number of hydrogen-bond donors (Lipinski definition) is 0. The Hall–Kier alpha value is -2.69. The molecule has 1 saturated heterocycles. The number of hydrogen-bond acceptors (Lipinski definition) is 5. The summed E-state index contributed by atoms with van der Waals surface area (Å²) >= 11 is 0. The monoisotopic (exact) mass is 616 g/mol. The molecule has 1 aliphatic heterocycles. The minimum atomic E-state index is -0.803. The van der Waals surface area contributed by atoms with Crippen molar-refractivity contribution in [3.05, 3.63) is 59.8 Å². The van der Waals surface area contributed by atoms with Crippen molar-refractivity contribution in [3.63, 3.8) is 0 Å². The summed E-state index contributed by atoms with van der Waals surface area (Å²) in [6, 6.07) is 0. The van der Waals surface area contributed by atoms with Gasteiger partial charge in [-0.3, -0.25) is 4.79 Å². The molecule has 1 heterocycles. The van der Waals surface area contributed by atoms with Crippen molar-refractivity contribution in [1.29, 1.82) is 0 Å². The number of allylic oxidation sites excluding steroid dienone is 5. The maximum atomic E-state index is 13.5. The Bertz CT molecular complexity index is 1330. The maximum Gasteiger partial charge on any atom is 0.338 e. The summed E-state index contributed by atoms with van der Waals surface area (Å²) in [5.41, 5.74) is 3.73. The van der Waals surface area contributed by atoms with E-state index in [2.05, 4.69) is 60.8 Å². The zero-order valence-electron chi connectivity index (χ0n) is 28.7. The molecule has 0 spiro atoms. The lowest BCUT2D eigenvalue weighted by Crippen LogP contribution is -2.49. The largest absolute Gasteiger partial charge is 0.458 e. The Morgan fingerprint density at radius 3 is 2.16 bits per heavy atom. The molecule has 1 unspecified atom stereocenters. The van der Waals surface area contributed by atoms with Gasteiger partial charge in [0.2, 0.25) is 0 Å². The Kier molecular flexibility index (Phi) is 9.34. The molecule has 0 aromatic rings. The summed E-state index contributed by atoms with van der Waals surface area (Å²) in [7, 11) is 0. The van der Waals surface area contributed by atoms with Gasteiger partial charge in [0, 0.05) is 5.92 Å². The first-order valence-electron chi connectivity index (χ1n) is 17.4. The Balaban J connectivity index is 1.32. The summed E-state index contributed by atoms with van der Waals surface area (Å²) in [5.74, 6) is 0.494. The van der Waals surface area contributed by atoms with Gasteiger partial charge in [0.05, 0.1) is 11.1 Å². The minimum Gasteiger partial charge on any atom is -0.458 e. The zero-order valence-corrected chi connectivity index (χ0v) is 28.7. The first-order chi connectivity index (χ1) is 21.1. The van der Waals surface area contributed by atoms with Gasteiger partial charge in [-0.25, -0.2) is 9.59 Å². The molecular weight excluding hydrogens is 560 g/mol. The summed E-state index contributed by atoms with van der Waals surface area (Å²) in [5, 5.41) is 0. The SMILES string of the molecule is C=C1CC[C@H]2C(C)(C)CCC[C@]2(C)[C@H]1/C=C/C(=C/C=O)C(=O)OC1COC(=O)/C1=C\C[C@H]1C(=C)CC[C@H]2C(C)(C)CCC[C@]12C. The van der Waals surface area contributed by atoms with Crippen LogP contribution in [0.25, 0.3) is 0 Å². The van der Waals surface area contributed by atoms with Gasteiger partial charge >= 0.3 is 11.9 Å². The molecule has 0 aromatic heterocycles. The van der Waals surface area contributed by atoms with Crippen molar-refractivity contribution in [2.75, 3.05) is 6.61 Å². The highest BCUT2D eigenvalue weighted by atomic mass is 16.6. The van der Waals surface area contributed by atoms with Crippen molar-refractivity contribution in [2.24, 2.45) is 45.3 Å². The van der Waals surface area contributed by atoms with Crippen LogP contribution < -0.4 is 0 Å². The van der Waals surface area contributed by atoms with E-state index in [1.807, 2.05) is 6.08 Å². The Morgan fingerprint density at radius 1 is 0.911 bits per heavy atom. The third-order valence-electron chi connectivity index (χ3n) is 13.2. The van der Waals surface area contributed by atoms with E-state index in [-0.39, 0.29) is 45.7 Å². The van der Waals surface area contributed by atoms with Gasteiger partial charge < -0.3 is 9.47 Å². The molecule has 0 aromatic carbocycles. The summed E-state index contributed by atoms with van der Waals surface area (Å²) < 4.78 is 11.3. The molecule has 5 nitrogen and oxygen atoms in total. The van der Waals surface area contributed by atoms with Gasteiger partial charge in [0.25, 0.3) is 0 Å². The molecule has 4 saturated carbocycles. The van der Waals surface area contributed by atoms with Crippen LogP contribution >= 0.6 is 0 Å². The zero-order chi connectivity index (χ0) is 32.8. The van der Waals surface area contributed by atoms with Crippen molar-refractivity contribution >= 4 is 18.2 Å². The normalized spacial score (nSPS) is 38.9. The molecule has 0 bridgehead atoms. The highest BCUT2D eigenvalue weighted by Crippen LogP contribution is 2.62. The molecule has 246 valence electrons. The summed E-state index contributed by atoms with van der Waals surface area (Å²) in [6.07, 6.45) is 18.9. The van der Waals surface area contributed by atoms with Crippen LogP contribution in [0.3, 0.4) is 0 Å². The number of aldehydes is 1. The first kappa shape index (κ1) is 33.7. The topological polar surface area (TPSA) is 69.7 Å². The number of carbonyl (C=O) groups is 3. The molecule has 4 aliphatic carbocycles. The second-order valence-electron chi connectivity index (χ2n) is 16.7. The molecule has 5 heteroatoms. The predicted octanol–water partition coefficient (Wildman–Crippen LogP) is 9.05. The molecule has 7 atom stereocenters. The van der Waals surface area contributed by atoms with Crippen LogP contribution in [0.4, 0.5) is 0 Å². The summed E-state index contributed by atoms with van der Waals surface area (Å²) in [6.45, 7) is 23.2. The number of cyclic esters (lactones) is 1. The number of ether oxygens (including phenoxy) is 2. The second kappa shape index (κ2) is 12.5. The Labute approximate surface area is 271 Å². The molecule has 0 radical (unpaired) electrons. The molecule has 0 N–H and O–H groups in total. The molecule has 5 fully saturated rings. The van der Waals surface area contributed by atoms with E-state index in [9.17, 15) is 14.4 Å². The van der Waals surface area contributed by atoms with Gasteiger partial charge in [-0.1, -0.05) is 96.9 Å². The molecule has 5 rings (SSSR count). The smallest absolute Gasteiger partial charge is 0.338 e. The summed E-state index contributed by atoms with van der Waals surface area (Å²) in [4.78, 5) is 38.0.